The Labute approximate surface area is 55.1 Å². The van der Waals surface area contributed by atoms with E-state index in [4.69, 9.17) is 15.2 Å². The van der Waals surface area contributed by atoms with Gasteiger partial charge in [-0.1, -0.05) is 6.92 Å². The molecule has 0 spiro atoms. The maximum Gasteiger partial charge on any atom is 0.180 e. The zero-order valence-electron chi connectivity index (χ0n) is 5.72. The zero-order chi connectivity index (χ0) is 6.74. The lowest BCUT2D eigenvalue weighted by Gasteiger charge is -2.23. The van der Waals surface area contributed by atoms with Gasteiger partial charge in [-0.3, -0.25) is 0 Å². The number of ether oxygens (including phenoxy) is 2. The number of hydrogen-bond donors (Lipinski definition) is 1. The molecular formula is C6H13NO2. The first-order valence-corrected chi connectivity index (χ1v) is 3.31. The van der Waals surface area contributed by atoms with Crippen molar-refractivity contribution in [1.82, 2.24) is 0 Å². The Morgan fingerprint density at radius 2 is 2.00 bits per heavy atom. The van der Waals surface area contributed by atoms with E-state index in [-0.39, 0.29) is 0 Å². The van der Waals surface area contributed by atoms with Crippen molar-refractivity contribution in [3.63, 3.8) is 0 Å². The van der Waals surface area contributed by atoms with Crippen molar-refractivity contribution >= 4 is 0 Å². The SMILES string of the molecule is CCC1(CN)OCCO1. The second-order valence-electron chi connectivity index (χ2n) is 2.17. The van der Waals surface area contributed by atoms with Gasteiger partial charge in [-0.15, -0.1) is 0 Å². The summed E-state index contributed by atoms with van der Waals surface area (Å²) < 4.78 is 10.6. The van der Waals surface area contributed by atoms with Crippen LogP contribution < -0.4 is 5.73 Å². The number of rotatable bonds is 2. The van der Waals surface area contributed by atoms with Crippen LogP contribution in [0.4, 0.5) is 0 Å². The Kier molecular flexibility index (Phi) is 2.05. The van der Waals surface area contributed by atoms with Gasteiger partial charge in [0.05, 0.1) is 13.2 Å². The second-order valence-corrected chi connectivity index (χ2v) is 2.17. The van der Waals surface area contributed by atoms with Crippen LogP contribution >= 0.6 is 0 Å². The first-order valence-electron chi connectivity index (χ1n) is 3.31. The van der Waals surface area contributed by atoms with Gasteiger partial charge < -0.3 is 15.2 Å². The molecule has 2 N–H and O–H groups in total. The summed E-state index contributed by atoms with van der Waals surface area (Å²) in [7, 11) is 0. The minimum absolute atomic E-state index is 0.444. The Hall–Kier alpha value is -0.120. The summed E-state index contributed by atoms with van der Waals surface area (Å²) in [5.41, 5.74) is 5.43. The predicted octanol–water partition coefficient (Wildman–Crippen LogP) is 0.0982. The largest absolute Gasteiger partial charge is 0.346 e. The van der Waals surface area contributed by atoms with Gasteiger partial charge in [0.2, 0.25) is 0 Å². The van der Waals surface area contributed by atoms with Crippen molar-refractivity contribution in [3.05, 3.63) is 0 Å². The molecule has 1 aliphatic heterocycles. The first kappa shape index (κ1) is 6.99. The summed E-state index contributed by atoms with van der Waals surface area (Å²) >= 11 is 0. The summed E-state index contributed by atoms with van der Waals surface area (Å²) in [5.74, 6) is -0.444. The molecule has 54 valence electrons. The molecule has 1 saturated heterocycles. The van der Waals surface area contributed by atoms with Crippen LogP contribution in [0, 0.1) is 0 Å². The fourth-order valence-corrected chi connectivity index (χ4v) is 0.963. The Bertz CT molecular complexity index is 83.1. The highest BCUT2D eigenvalue weighted by atomic mass is 16.7. The molecule has 0 aromatic carbocycles. The summed E-state index contributed by atoms with van der Waals surface area (Å²) in [6.07, 6.45) is 0.837. The van der Waals surface area contributed by atoms with Gasteiger partial charge in [0.1, 0.15) is 0 Å². The number of hydrogen-bond acceptors (Lipinski definition) is 3. The van der Waals surface area contributed by atoms with Gasteiger partial charge in [-0.05, 0) is 6.42 Å². The first-order chi connectivity index (χ1) is 4.33. The molecule has 1 rings (SSSR count). The maximum atomic E-state index is 5.43. The van der Waals surface area contributed by atoms with Crippen LogP contribution in [0.3, 0.4) is 0 Å². The minimum atomic E-state index is -0.444. The third-order valence-corrected chi connectivity index (χ3v) is 1.66. The lowest BCUT2D eigenvalue weighted by Crippen LogP contribution is -2.38. The molecule has 3 nitrogen and oxygen atoms in total. The molecular weight excluding hydrogens is 118 g/mol. The standard InChI is InChI=1S/C6H13NO2/c1-2-6(5-7)8-3-4-9-6/h2-5,7H2,1H3. The predicted molar refractivity (Wildman–Crippen MR) is 34.0 cm³/mol. The highest BCUT2D eigenvalue weighted by Crippen LogP contribution is 2.20. The van der Waals surface area contributed by atoms with E-state index in [1.807, 2.05) is 6.92 Å². The van der Waals surface area contributed by atoms with Crippen molar-refractivity contribution in [2.45, 2.75) is 19.1 Å². The van der Waals surface area contributed by atoms with Gasteiger partial charge in [0.25, 0.3) is 0 Å². The average molecular weight is 131 g/mol. The summed E-state index contributed by atoms with van der Waals surface area (Å²) in [6, 6.07) is 0. The monoisotopic (exact) mass is 131 g/mol. The van der Waals surface area contributed by atoms with E-state index in [1.54, 1.807) is 0 Å². The molecule has 0 bridgehead atoms. The van der Waals surface area contributed by atoms with Gasteiger partial charge in [0, 0.05) is 6.54 Å². The summed E-state index contributed by atoms with van der Waals surface area (Å²) in [4.78, 5) is 0. The molecule has 1 fully saturated rings. The van der Waals surface area contributed by atoms with Crippen LogP contribution in [0.5, 0.6) is 0 Å². The molecule has 0 aromatic heterocycles. The average Bonchev–Trinajstić information content (AvgIpc) is 2.36. The van der Waals surface area contributed by atoms with E-state index >= 15 is 0 Å². The van der Waals surface area contributed by atoms with Crippen molar-refractivity contribution in [2.24, 2.45) is 5.73 Å². The molecule has 0 saturated carbocycles. The molecule has 0 aliphatic carbocycles. The third kappa shape index (κ3) is 1.23. The topological polar surface area (TPSA) is 44.5 Å². The number of nitrogens with two attached hydrogens (primary N) is 1. The smallest absolute Gasteiger partial charge is 0.180 e. The lowest BCUT2D eigenvalue weighted by atomic mass is 10.2. The molecule has 3 heteroatoms. The van der Waals surface area contributed by atoms with E-state index in [0.29, 0.717) is 19.8 Å². The highest BCUT2D eigenvalue weighted by molar-refractivity contribution is 4.72. The molecule has 1 aliphatic rings. The van der Waals surface area contributed by atoms with E-state index in [1.165, 1.54) is 0 Å². The van der Waals surface area contributed by atoms with Crippen LogP contribution in [0.25, 0.3) is 0 Å². The molecule has 0 radical (unpaired) electrons. The molecule has 0 unspecified atom stereocenters. The van der Waals surface area contributed by atoms with Crippen LogP contribution in [-0.4, -0.2) is 25.5 Å². The summed E-state index contributed by atoms with van der Waals surface area (Å²) in [6.45, 7) is 3.85. The highest BCUT2D eigenvalue weighted by Gasteiger charge is 2.32. The van der Waals surface area contributed by atoms with E-state index in [0.717, 1.165) is 6.42 Å². The Morgan fingerprint density at radius 1 is 1.44 bits per heavy atom. The van der Waals surface area contributed by atoms with Gasteiger partial charge in [-0.2, -0.15) is 0 Å². The lowest BCUT2D eigenvalue weighted by molar-refractivity contribution is -0.150. The maximum absolute atomic E-state index is 5.43. The molecule has 0 amide bonds. The van der Waals surface area contributed by atoms with Crippen molar-refractivity contribution in [1.29, 1.82) is 0 Å². The van der Waals surface area contributed by atoms with E-state index in [2.05, 4.69) is 0 Å². The molecule has 0 aromatic rings. The van der Waals surface area contributed by atoms with Crippen LogP contribution in [-0.2, 0) is 9.47 Å². The minimum Gasteiger partial charge on any atom is -0.346 e. The Morgan fingerprint density at radius 3 is 2.22 bits per heavy atom. The van der Waals surface area contributed by atoms with Crippen LogP contribution in [0.2, 0.25) is 0 Å². The van der Waals surface area contributed by atoms with Gasteiger partial charge in [0.15, 0.2) is 5.79 Å². The normalized spacial score (nSPS) is 24.7. The molecule has 9 heavy (non-hydrogen) atoms. The fourth-order valence-electron chi connectivity index (χ4n) is 0.963. The van der Waals surface area contributed by atoms with Crippen molar-refractivity contribution in [2.75, 3.05) is 19.8 Å². The third-order valence-electron chi connectivity index (χ3n) is 1.66. The van der Waals surface area contributed by atoms with E-state index < -0.39 is 5.79 Å². The quantitative estimate of drug-likeness (QED) is 0.578. The molecule has 1 heterocycles. The second kappa shape index (κ2) is 2.64. The van der Waals surface area contributed by atoms with Crippen molar-refractivity contribution < 1.29 is 9.47 Å². The molecule has 0 atom stereocenters. The van der Waals surface area contributed by atoms with E-state index in [9.17, 15) is 0 Å². The van der Waals surface area contributed by atoms with Gasteiger partial charge >= 0.3 is 0 Å². The Balaban J connectivity index is 2.45. The summed E-state index contributed by atoms with van der Waals surface area (Å²) in [5, 5.41) is 0. The van der Waals surface area contributed by atoms with Gasteiger partial charge in [-0.25, -0.2) is 0 Å². The van der Waals surface area contributed by atoms with Crippen molar-refractivity contribution in [3.8, 4) is 0 Å². The van der Waals surface area contributed by atoms with Crippen LogP contribution in [0.1, 0.15) is 13.3 Å². The zero-order valence-corrected chi connectivity index (χ0v) is 5.72. The van der Waals surface area contributed by atoms with Crippen LogP contribution in [0.15, 0.2) is 0 Å². The fraction of sp³-hybridized carbons (Fsp3) is 1.00.